The molecule has 2 aliphatic rings. The molecule has 0 unspecified atom stereocenters. The molecule has 2 heterocycles. The van der Waals surface area contributed by atoms with Crippen molar-refractivity contribution in [3.05, 3.63) is 71.8 Å². The maximum absolute atomic E-state index is 12.6. The summed E-state index contributed by atoms with van der Waals surface area (Å²) < 4.78 is 16.6. The summed E-state index contributed by atoms with van der Waals surface area (Å²) in [5.74, 6) is -0.0248. The van der Waals surface area contributed by atoms with Gasteiger partial charge in [0.25, 0.3) is 0 Å². The summed E-state index contributed by atoms with van der Waals surface area (Å²) in [6.07, 6.45) is -0.992. The minimum Gasteiger partial charge on any atom is -0.443 e. The summed E-state index contributed by atoms with van der Waals surface area (Å²) in [6, 6.07) is 18.0. The van der Waals surface area contributed by atoms with Gasteiger partial charge in [-0.1, -0.05) is 60.7 Å². The van der Waals surface area contributed by atoms with Gasteiger partial charge in [-0.25, -0.2) is 4.79 Å². The van der Waals surface area contributed by atoms with Crippen LogP contribution in [0.1, 0.15) is 22.3 Å². The number of aliphatic hydroxyl groups excluding tert-OH is 1. The van der Waals surface area contributed by atoms with E-state index in [2.05, 4.69) is 10.6 Å². The van der Waals surface area contributed by atoms with Gasteiger partial charge in [0.15, 0.2) is 12.1 Å². The molecule has 0 bridgehead atoms. The van der Waals surface area contributed by atoms with E-state index in [1.54, 1.807) is 12.1 Å². The fourth-order valence-electron chi connectivity index (χ4n) is 4.22. The number of alkyl carbamates (subject to hydrolysis) is 1. The highest BCUT2D eigenvalue weighted by Crippen LogP contribution is 2.32. The van der Waals surface area contributed by atoms with Crippen LogP contribution in [0.4, 0.5) is 4.79 Å². The quantitative estimate of drug-likeness (QED) is 0.471. The van der Waals surface area contributed by atoms with Gasteiger partial charge in [0, 0.05) is 12.1 Å². The lowest BCUT2D eigenvalue weighted by Gasteiger charge is -2.26. The van der Waals surface area contributed by atoms with Gasteiger partial charge >= 0.3 is 6.09 Å². The Labute approximate surface area is 193 Å². The fourth-order valence-corrected chi connectivity index (χ4v) is 4.22. The zero-order valence-corrected chi connectivity index (χ0v) is 18.4. The molecule has 2 aromatic rings. The van der Waals surface area contributed by atoms with Crippen molar-refractivity contribution in [2.45, 2.75) is 37.4 Å². The van der Waals surface area contributed by atoms with Crippen LogP contribution in [0, 0.1) is 5.92 Å². The summed E-state index contributed by atoms with van der Waals surface area (Å²) in [7, 11) is 0. The lowest BCUT2D eigenvalue weighted by atomic mass is 10.0. The zero-order chi connectivity index (χ0) is 23.0. The van der Waals surface area contributed by atoms with E-state index in [1.807, 2.05) is 48.5 Å². The first-order valence-corrected chi connectivity index (χ1v) is 11.3. The number of nitrogens with one attached hydrogen (secondary N) is 2. The highest BCUT2D eigenvalue weighted by atomic mass is 16.7. The first-order chi connectivity index (χ1) is 16.1. The van der Waals surface area contributed by atoms with Crippen LogP contribution >= 0.6 is 0 Å². The van der Waals surface area contributed by atoms with Crippen LogP contribution in [0.5, 0.6) is 0 Å². The van der Waals surface area contributed by atoms with Gasteiger partial charge in [0.05, 0.1) is 37.8 Å². The summed E-state index contributed by atoms with van der Waals surface area (Å²) in [6.45, 7) is 1.13. The fraction of sp³-hybridized carbons (Fsp3) is 0.440. The van der Waals surface area contributed by atoms with Crippen molar-refractivity contribution in [2.24, 2.45) is 5.92 Å². The SMILES string of the molecule is O=C(N[C@@H](Cc1ccccc1)[C@H](O)CNCC(=O)c1ccccc1)O[C@H]1CO[C@H]2OCC[C@H]21. The van der Waals surface area contributed by atoms with Crippen LogP contribution in [0.2, 0.25) is 0 Å². The number of hydrogen-bond acceptors (Lipinski definition) is 7. The Bertz CT molecular complexity index is 910. The van der Waals surface area contributed by atoms with Crippen LogP contribution in [0.15, 0.2) is 60.7 Å². The Balaban J connectivity index is 1.32. The molecule has 0 saturated carbocycles. The van der Waals surface area contributed by atoms with Crippen molar-refractivity contribution in [3.8, 4) is 0 Å². The van der Waals surface area contributed by atoms with E-state index in [4.69, 9.17) is 14.2 Å². The molecule has 0 spiro atoms. The predicted octanol–water partition coefficient (Wildman–Crippen LogP) is 1.92. The van der Waals surface area contributed by atoms with E-state index in [9.17, 15) is 14.7 Å². The highest BCUT2D eigenvalue weighted by molar-refractivity contribution is 5.97. The molecule has 3 N–H and O–H groups in total. The number of aliphatic hydroxyl groups is 1. The largest absolute Gasteiger partial charge is 0.443 e. The third kappa shape index (κ3) is 6.39. The molecule has 4 rings (SSSR count). The third-order valence-corrected chi connectivity index (χ3v) is 6.04. The summed E-state index contributed by atoms with van der Waals surface area (Å²) in [5, 5.41) is 16.6. The number of carbonyl (C=O) groups excluding carboxylic acids is 2. The Kier molecular flexibility index (Phi) is 8.06. The molecule has 5 atom stereocenters. The molecule has 8 nitrogen and oxygen atoms in total. The van der Waals surface area contributed by atoms with E-state index in [1.165, 1.54) is 0 Å². The van der Waals surface area contributed by atoms with E-state index in [0.717, 1.165) is 12.0 Å². The van der Waals surface area contributed by atoms with Crippen molar-refractivity contribution in [1.82, 2.24) is 10.6 Å². The van der Waals surface area contributed by atoms with Crippen LogP contribution in [-0.4, -0.2) is 67.8 Å². The summed E-state index contributed by atoms with van der Waals surface area (Å²) >= 11 is 0. The van der Waals surface area contributed by atoms with Gasteiger partial charge in [0.2, 0.25) is 0 Å². The lowest BCUT2D eigenvalue weighted by molar-refractivity contribution is -0.0907. The van der Waals surface area contributed by atoms with Crippen LogP contribution in [0.3, 0.4) is 0 Å². The molecule has 176 valence electrons. The van der Waals surface area contributed by atoms with Crippen molar-refractivity contribution in [3.63, 3.8) is 0 Å². The molecule has 2 saturated heterocycles. The molecule has 2 aromatic carbocycles. The third-order valence-electron chi connectivity index (χ3n) is 6.04. The number of ether oxygens (including phenoxy) is 3. The lowest BCUT2D eigenvalue weighted by Crippen LogP contribution is -2.50. The highest BCUT2D eigenvalue weighted by Gasteiger charge is 2.44. The van der Waals surface area contributed by atoms with Gasteiger partial charge in [-0.15, -0.1) is 0 Å². The maximum atomic E-state index is 12.6. The Morgan fingerprint density at radius 1 is 1.06 bits per heavy atom. The van der Waals surface area contributed by atoms with Gasteiger partial charge in [-0.3, -0.25) is 4.79 Å². The predicted molar refractivity (Wildman–Crippen MR) is 121 cm³/mol. The minimum atomic E-state index is -0.927. The average molecular weight is 455 g/mol. The Morgan fingerprint density at radius 3 is 2.55 bits per heavy atom. The molecular formula is C25H30N2O6. The van der Waals surface area contributed by atoms with Crippen LogP contribution in [0.25, 0.3) is 0 Å². The van der Waals surface area contributed by atoms with Crippen LogP contribution in [-0.2, 0) is 20.6 Å². The zero-order valence-electron chi connectivity index (χ0n) is 18.4. The van der Waals surface area contributed by atoms with Crippen molar-refractivity contribution in [2.75, 3.05) is 26.3 Å². The van der Waals surface area contributed by atoms with Crippen molar-refractivity contribution in [1.29, 1.82) is 0 Å². The molecule has 0 aromatic heterocycles. The van der Waals surface area contributed by atoms with Gasteiger partial charge in [-0.2, -0.15) is 0 Å². The molecule has 33 heavy (non-hydrogen) atoms. The monoisotopic (exact) mass is 454 g/mol. The molecule has 1 amide bonds. The molecule has 2 aliphatic heterocycles. The number of Topliss-reactive ketones (excluding diaryl/α,β-unsaturated/α-hetero) is 1. The van der Waals surface area contributed by atoms with E-state index >= 15 is 0 Å². The molecule has 0 radical (unpaired) electrons. The molecule has 0 aliphatic carbocycles. The second-order valence-corrected chi connectivity index (χ2v) is 8.40. The minimum absolute atomic E-state index is 0.0407. The second kappa shape index (κ2) is 11.4. The number of benzene rings is 2. The van der Waals surface area contributed by atoms with Gasteiger partial charge < -0.3 is 30.0 Å². The smallest absolute Gasteiger partial charge is 0.407 e. The normalized spacial score (nSPS) is 23.5. The van der Waals surface area contributed by atoms with E-state index < -0.39 is 18.2 Å². The number of carbonyl (C=O) groups is 2. The first kappa shape index (κ1) is 23.4. The van der Waals surface area contributed by atoms with Crippen molar-refractivity contribution >= 4 is 11.9 Å². The van der Waals surface area contributed by atoms with E-state index in [-0.39, 0.29) is 37.2 Å². The maximum Gasteiger partial charge on any atom is 0.407 e. The van der Waals surface area contributed by atoms with Gasteiger partial charge in [-0.05, 0) is 18.4 Å². The van der Waals surface area contributed by atoms with Crippen LogP contribution < -0.4 is 10.6 Å². The van der Waals surface area contributed by atoms with Gasteiger partial charge in [0.1, 0.15) is 6.10 Å². The number of amides is 1. The second-order valence-electron chi connectivity index (χ2n) is 8.40. The summed E-state index contributed by atoms with van der Waals surface area (Å²) in [5.41, 5.74) is 1.57. The first-order valence-electron chi connectivity index (χ1n) is 11.3. The number of rotatable bonds is 10. The summed E-state index contributed by atoms with van der Waals surface area (Å²) in [4.78, 5) is 24.9. The number of hydrogen-bond donors (Lipinski definition) is 3. The Hall–Kier alpha value is -2.78. The molecule has 2 fully saturated rings. The average Bonchev–Trinajstić information content (AvgIpc) is 3.45. The molecular weight excluding hydrogens is 424 g/mol. The number of fused-ring (bicyclic) bond motifs is 1. The topological polar surface area (TPSA) is 106 Å². The van der Waals surface area contributed by atoms with E-state index in [0.29, 0.717) is 25.2 Å². The number of ketones is 1. The standard InChI is InChI=1S/C25H30N2O6/c28-21(18-9-5-2-6-10-18)14-26-15-22(29)20(13-17-7-3-1-4-8-17)27-25(30)33-23-16-32-24-19(23)11-12-31-24/h1-10,19-20,22-24,26,29H,11-16H2,(H,27,30)/t19-,20-,22+,23-,24+/m0/s1. The van der Waals surface area contributed by atoms with Crippen molar-refractivity contribution < 1.29 is 28.9 Å². The Morgan fingerprint density at radius 2 is 1.79 bits per heavy atom. The molecule has 8 heteroatoms.